The molecule has 0 saturated carbocycles. The first-order valence-corrected chi connectivity index (χ1v) is 8.84. The number of amides is 1. The van der Waals surface area contributed by atoms with Crippen molar-refractivity contribution in [2.24, 2.45) is 0 Å². The number of pyridine rings is 1. The molecule has 0 aliphatic carbocycles. The van der Waals surface area contributed by atoms with Gasteiger partial charge in [0.2, 0.25) is 11.7 Å². The molecule has 0 saturated heterocycles. The Morgan fingerprint density at radius 2 is 1.93 bits per heavy atom. The van der Waals surface area contributed by atoms with Crippen molar-refractivity contribution in [2.75, 3.05) is 17.7 Å². The number of hydrogen-bond acceptors (Lipinski definition) is 5. The standard InChI is InChI=1S/C19H22F2N6O/c1-10(2)27-9-13(12-6-17(24-11(3)28)23-8-15(12)27)14-7-16(22-5)26-18(25-14)19(4,20)21/h6-10H,1-5H3,(H,22,25,26)(H,23,24,28). The second-order valence-corrected chi connectivity index (χ2v) is 6.91. The first kappa shape index (κ1) is 19.7. The summed E-state index contributed by atoms with van der Waals surface area (Å²) < 4.78 is 29.8. The lowest BCUT2D eigenvalue weighted by molar-refractivity contribution is -0.114. The van der Waals surface area contributed by atoms with E-state index in [1.807, 2.05) is 24.6 Å². The van der Waals surface area contributed by atoms with Crippen LogP contribution in [0.5, 0.6) is 0 Å². The SMILES string of the molecule is CNc1cc(-c2cn(C(C)C)c3cnc(NC(C)=O)cc23)nc(C(C)(F)F)n1. The highest BCUT2D eigenvalue weighted by Gasteiger charge is 2.30. The minimum atomic E-state index is -3.18. The van der Waals surface area contributed by atoms with Crippen LogP contribution in [0.1, 0.15) is 39.6 Å². The van der Waals surface area contributed by atoms with Gasteiger partial charge in [-0.05, 0) is 19.9 Å². The molecule has 0 aliphatic rings. The van der Waals surface area contributed by atoms with Crippen molar-refractivity contribution in [3.8, 4) is 11.3 Å². The molecule has 2 N–H and O–H groups in total. The monoisotopic (exact) mass is 388 g/mol. The van der Waals surface area contributed by atoms with Gasteiger partial charge in [0.05, 0.1) is 17.4 Å². The molecular formula is C19H22F2N6O. The zero-order chi connectivity index (χ0) is 20.6. The zero-order valence-corrected chi connectivity index (χ0v) is 16.3. The van der Waals surface area contributed by atoms with Crippen molar-refractivity contribution < 1.29 is 13.6 Å². The molecule has 3 aromatic heterocycles. The summed E-state index contributed by atoms with van der Waals surface area (Å²) in [6.45, 7) is 6.18. The fourth-order valence-corrected chi connectivity index (χ4v) is 2.94. The van der Waals surface area contributed by atoms with Gasteiger partial charge in [0.1, 0.15) is 11.6 Å². The lowest BCUT2D eigenvalue weighted by Crippen LogP contribution is -2.14. The van der Waals surface area contributed by atoms with Crippen LogP contribution in [-0.4, -0.2) is 32.5 Å². The summed E-state index contributed by atoms with van der Waals surface area (Å²) >= 11 is 0. The molecular weight excluding hydrogens is 366 g/mol. The molecule has 0 fully saturated rings. The molecule has 0 aliphatic heterocycles. The van der Waals surface area contributed by atoms with Gasteiger partial charge in [-0.1, -0.05) is 0 Å². The van der Waals surface area contributed by atoms with Crippen LogP contribution in [-0.2, 0) is 10.7 Å². The third-order valence-corrected chi connectivity index (χ3v) is 4.23. The Hall–Kier alpha value is -3.10. The summed E-state index contributed by atoms with van der Waals surface area (Å²) in [7, 11) is 1.61. The summed E-state index contributed by atoms with van der Waals surface area (Å²) in [5.41, 5.74) is 1.83. The molecule has 9 heteroatoms. The van der Waals surface area contributed by atoms with Gasteiger partial charge in [-0.3, -0.25) is 4.79 Å². The number of carbonyl (C=O) groups is 1. The third kappa shape index (κ3) is 3.78. The summed E-state index contributed by atoms with van der Waals surface area (Å²) in [5.74, 6) is -3.31. The molecule has 28 heavy (non-hydrogen) atoms. The summed E-state index contributed by atoms with van der Waals surface area (Å²) in [4.78, 5) is 23.7. The van der Waals surface area contributed by atoms with E-state index < -0.39 is 11.7 Å². The van der Waals surface area contributed by atoms with Gasteiger partial charge < -0.3 is 15.2 Å². The lowest BCUT2D eigenvalue weighted by atomic mass is 10.1. The van der Waals surface area contributed by atoms with Crippen LogP contribution in [0.4, 0.5) is 20.4 Å². The average molecular weight is 388 g/mol. The van der Waals surface area contributed by atoms with Crippen LogP contribution < -0.4 is 10.6 Å². The van der Waals surface area contributed by atoms with Gasteiger partial charge in [-0.15, -0.1) is 0 Å². The van der Waals surface area contributed by atoms with Crippen molar-refractivity contribution in [3.05, 3.63) is 30.4 Å². The van der Waals surface area contributed by atoms with Crippen LogP contribution in [0.25, 0.3) is 22.2 Å². The highest BCUT2D eigenvalue weighted by atomic mass is 19.3. The van der Waals surface area contributed by atoms with Crippen molar-refractivity contribution in [1.29, 1.82) is 0 Å². The molecule has 0 atom stereocenters. The van der Waals surface area contributed by atoms with E-state index >= 15 is 0 Å². The topological polar surface area (TPSA) is 84.7 Å². The largest absolute Gasteiger partial charge is 0.373 e. The maximum Gasteiger partial charge on any atom is 0.303 e. The molecule has 3 rings (SSSR count). The van der Waals surface area contributed by atoms with Crippen LogP contribution in [0, 0.1) is 0 Å². The Morgan fingerprint density at radius 1 is 1.21 bits per heavy atom. The van der Waals surface area contributed by atoms with Gasteiger partial charge in [-0.25, -0.2) is 15.0 Å². The van der Waals surface area contributed by atoms with E-state index in [2.05, 4.69) is 25.6 Å². The summed E-state index contributed by atoms with van der Waals surface area (Å²) in [6, 6.07) is 3.45. The Morgan fingerprint density at radius 3 is 2.50 bits per heavy atom. The fraction of sp³-hybridized carbons (Fsp3) is 0.368. The summed E-state index contributed by atoms with van der Waals surface area (Å²) in [5, 5.41) is 6.20. The van der Waals surface area contributed by atoms with Crippen LogP contribution in [0.3, 0.4) is 0 Å². The van der Waals surface area contributed by atoms with Crippen LogP contribution in [0.2, 0.25) is 0 Å². The molecule has 0 spiro atoms. The number of nitrogens with one attached hydrogen (secondary N) is 2. The maximum atomic E-state index is 13.9. The number of carbonyl (C=O) groups excluding carboxylic acids is 1. The Kier molecular flexibility index (Phi) is 5.01. The quantitative estimate of drug-likeness (QED) is 0.685. The van der Waals surface area contributed by atoms with Crippen LogP contribution >= 0.6 is 0 Å². The average Bonchev–Trinajstić information content (AvgIpc) is 2.99. The normalized spacial score (nSPS) is 11.9. The third-order valence-electron chi connectivity index (χ3n) is 4.23. The zero-order valence-electron chi connectivity index (χ0n) is 16.3. The number of halogens is 2. The highest BCUT2D eigenvalue weighted by molar-refractivity contribution is 5.98. The van der Waals surface area contributed by atoms with E-state index in [1.165, 1.54) is 6.92 Å². The van der Waals surface area contributed by atoms with Crippen LogP contribution in [0.15, 0.2) is 24.5 Å². The van der Waals surface area contributed by atoms with E-state index in [0.717, 1.165) is 17.8 Å². The molecule has 0 unspecified atom stereocenters. The van der Waals surface area contributed by atoms with E-state index in [9.17, 15) is 13.6 Å². The van der Waals surface area contributed by atoms with Gasteiger partial charge in [-0.2, -0.15) is 8.78 Å². The Bertz CT molecular complexity index is 1040. The molecule has 3 aromatic rings. The lowest BCUT2D eigenvalue weighted by Gasteiger charge is -2.12. The van der Waals surface area contributed by atoms with Crippen molar-refractivity contribution in [1.82, 2.24) is 19.5 Å². The maximum absolute atomic E-state index is 13.9. The number of hydrogen-bond donors (Lipinski definition) is 2. The van der Waals surface area contributed by atoms with Gasteiger partial charge in [0, 0.05) is 50.1 Å². The molecule has 148 valence electrons. The minimum Gasteiger partial charge on any atom is -0.373 e. The molecule has 0 radical (unpaired) electrons. The van der Waals surface area contributed by atoms with Crippen molar-refractivity contribution >= 4 is 28.4 Å². The number of anilines is 2. The van der Waals surface area contributed by atoms with Gasteiger partial charge >= 0.3 is 5.92 Å². The smallest absolute Gasteiger partial charge is 0.303 e. The number of rotatable bonds is 5. The predicted octanol–water partition coefficient (Wildman–Crippen LogP) is 4.19. The molecule has 3 heterocycles. The number of nitrogens with zero attached hydrogens (tertiary/aromatic N) is 4. The van der Waals surface area contributed by atoms with E-state index in [-0.39, 0.29) is 11.9 Å². The summed E-state index contributed by atoms with van der Waals surface area (Å²) in [6.07, 6.45) is 3.51. The Balaban J connectivity index is 2.28. The van der Waals surface area contributed by atoms with Gasteiger partial charge in [0.25, 0.3) is 0 Å². The number of aromatic nitrogens is 4. The van der Waals surface area contributed by atoms with Gasteiger partial charge in [0.15, 0.2) is 0 Å². The second-order valence-electron chi connectivity index (χ2n) is 6.91. The number of fused-ring (bicyclic) bond motifs is 1. The molecule has 0 bridgehead atoms. The first-order chi connectivity index (χ1) is 13.1. The highest BCUT2D eigenvalue weighted by Crippen LogP contribution is 2.35. The van der Waals surface area contributed by atoms with E-state index in [1.54, 1.807) is 25.4 Å². The van der Waals surface area contributed by atoms with E-state index in [0.29, 0.717) is 22.9 Å². The predicted molar refractivity (Wildman–Crippen MR) is 105 cm³/mol. The minimum absolute atomic E-state index is 0.113. The Labute approximate surface area is 161 Å². The molecule has 7 nitrogen and oxygen atoms in total. The van der Waals surface area contributed by atoms with E-state index in [4.69, 9.17) is 0 Å². The fourth-order valence-electron chi connectivity index (χ4n) is 2.94. The number of alkyl halides is 2. The second kappa shape index (κ2) is 7.14. The molecule has 1 amide bonds. The first-order valence-electron chi connectivity index (χ1n) is 8.84. The van der Waals surface area contributed by atoms with Crippen molar-refractivity contribution in [3.63, 3.8) is 0 Å². The molecule has 0 aromatic carbocycles. The van der Waals surface area contributed by atoms with Crippen molar-refractivity contribution in [2.45, 2.75) is 39.7 Å².